The van der Waals surface area contributed by atoms with Gasteiger partial charge >= 0.3 is 0 Å². The first-order valence-corrected chi connectivity index (χ1v) is 5.24. The lowest BCUT2D eigenvalue weighted by atomic mass is 10.1. The highest BCUT2D eigenvalue weighted by molar-refractivity contribution is 5.78. The molecule has 0 aromatic heterocycles. The number of nitrogens with two attached hydrogens (primary N) is 1. The third-order valence-corrected chi connectivity index (χ3v) is 2.48. The number of hydrogen-bond acceptors (Lipinski definition) is 2. The van der Waals surface area contributed by atoms with Crippen LogP contribution >= 0.6 is 0 Å². The quantitative estimate of drug-likeness (QED) is 0.839. The number of amides is 1. The van der Waals surface area contributed by atoms with Gasteiger partial charge in [-0.05, 0) is 17.7 Å². The highest BCUT2D eigenvalue weighted by Gasteiger charge is 2.15. The zero-order valence-electron chi connectivity index (χ0n) is 9.61. The Kier molecular flexibility index (Phi) is 4.43. The maximum absolute atomic E-state index is 12.7. The molecule has 0 spiro atoms. The predicted molar refractivity (Wildman–Crippen MR) is 61.1 cm³/mol. The van der Waals surface area contributed by atoms with Gasteiger partial charge in [0.1, 0.15) is 5.82 Å². The fraction of sp³-hybridized carbons (Fsp3) is 0.417. The fourth-order valence-electron chi connectivity index (χ4n) is 1.42. The van der Waals surface area contributed by atoms with Gasteiger partial charge in [0.2, 0.25) is 5.91 Å². The first kappa shape index (κ1) is 12.6. The molecule has 1 aromatic rings. The zero-order chi connectivity index (χ0) is 12.1. The maximum Gasteiger partial charge on any atom is 0.226 e. The molecule has 0 aliphatic carbocycles. The largest absolute Gasteiger partial charge is 0.341 e. The van der Waals surface area contributed by atoms with Crippen molar-refractivity contribution in [3.05, 3.63) is 35.6 Å². The molecule has 1 unspecified atom stereocenters. The number of carbonyl (C=O) groups is 1. The van der Waals surface area contributed by atoms with Crippen LogP contribution in [-0.4, -0.2) is 24.4 Å². The summed E-state index contributed by atoms with van der Waals surface area (Å²) in [7, 11) is 1.72. The van der Waals surface area contributed by atoms with Crippen molar-refractivity contribution in [2.75, 3.05) is 13.6 Å². The number of halogens is 1. The van der Waals surface area contributed by atoms with E-state index >= 15 is 0 Å². The highest BCUT2D eigenvalue weighted by Crippen LogP contribution is 2.07. The second kappa shape index (κ2) is 5.61. The molecule has 16 heavy (non-hydrogen) atoms. The van der Waals surface area contributed by atoms with Gasteiger partial charge in [0, 0.05) is 26.1 Å². The van der Waals surface area contributed by atoms with Crippen LogP contribution in [0.15, 0.2) is 24.3 Å². The molecule has 1 amide bonds. The van der Waals surface area contributed by atoms with Crippen LogP contribution in [0, 0.1) is 11.7 Å². The molecule has 0 saturated carbocycles. The van der Waals surface area contributed by atoms with Crippen molar-refractivity contribution >= 4 is 5.91 Å². The standard InChI is InChI=1S/C12H17FN2O/c1-9(7-14)12(16)15(2)8-10-3-5-11(13)6-4-10/h3-6,9H,7-8,14H2,1-2H3. The SMILES string of the molecule is CC(CN)C(=O)N(C)Cc1ccc(F)cc1. The average Bonchev–Trinajstić information content (AvgIpc) is 2.30. The summed E-state index contributed by atoms with van der Waals surface area (Å²) in [4.78, 5) is 13.3. The van der Waals surface area contributed by atoms with E-state index in [2.05, 4.69) is 0 Å². The third kappa shape index (κ3) is 3.31. The van der Waals surface area contributed by atoms with E-state index in [9.17, 15) is 9.18 Å². The molecule has 4 heteroatoms. The number of carbonyl (C=O) groups excluding carboxylic acids is 1. The normalized spacial score (nSPS) is 12.2. The van der Waals surface area contributed by atoms with Crippen LogP contribution in [0.5, 0.6) is 0 Å². The highest BCUT2D eigenvalue weighted by atomic mass is 19.1. The van der Waals surface area contributed by atoms with Gasteiger partial charge in [-0.25, -0.2) is 4.39 Å². The van der Waals surface area contributed by atoms with Gasteiger partial charge in [0.05, 0.1) is 0 Å². The van der Waals surface area contributed by atoms with Crippen molar-refractivity contribution in [3.63, 3.8) is 0 Å². The molecular formula is C12H17FN2O. The van der Waals surface area contributed by atoms with Gasteiger partial charge in [-0.15, -0.1) is 0 Å². The van der Waals surface area contributed by atoms with E-state index in [-0.39, 0.29) is 17.6 Å². The third-order valence-electron chi connectivity index (χ3n) is 2.48. The van der Waals surface area contributed by atoms with Gasteiger partial charge in [-0.1, -0.05) is 19.1 Å². The Morgan fingerprint density at radius 3 is 2.50 bits per heavy atom. The van der Waals surface area contributed by atoms with Gasteiger partial charge < -0.3 is 10.6 Å². The summed E-state index contributed by atoms with van der Waals surface area (Å²) in [6.45, 7) is 2.61. The van der Waals surface area contributed by atoms with Crippen molar-refractivity contribution in [3.8, 4) is 0 Å². The van der Waals surface area contributed by atoms with Gasteiger partial charge in [-0.3, -0.25) is 4.79 Å². The Bertz CT molecular complexity index is 351. The lowest BCUT2D eigenvalue weighted by molar-refractivity contribution is -0.133. The van der Waals surface area contributed by atoms with Crippen LogP contribution in [0.1, 0.15) is 12.5 Å². The van der Waals surface area contributed by atoms with Crippen LogP contribution in [-0.2, 0) is 11.3 Å². The van der Waals surface area contributed by atoms with Crippen molar-refractivity contribution in [1.82, 2.24) is 4.90 Å². The van der Waals surface area contributed by atoms with E-state index in [4.69, 9.17) is 5.73 Å². The van der Waals surface area contributed by atoms with Gasteiger partial charge in [0.15, 0.2) is 0 Å². The molecule has 0 saturated heterocycles. The molecule has 0 bridgehead atoms. The summed E-state index contributed by atoms with van der Waals surface area (Å²) >= 11 is 0. The first-order chi connectivity index (χ1) is 7.54. The van der Waals surface area contributed by atoms with Crippen LogP contribution in [0.2, 0.25) is 0 Å². The number of rotatable bonds is 4. The predicted octanol–water partition coefficient (Wildman–Crippen LogP) is 1.38. The van der Waals surface area contributed by atoms with E-state index in [1.165, 1.54) is 12.1 Å². The summed E-state index contributed by atoms with van der Waals surface area (Å²) in [6, 6.07) is 6.12. The number of hydrogen-bond donors (Lipinski definition) is 1. The lowest BCUT2D eigenvalue weighted by Crippen LogP contribution is -2.34. The second-order valence-corrected chi connectivity index (χ2v) is 3.96. The zero-order valence-corrected chi connectivity index (χ0v) is 9.61. The Hall–Kier alpha value is -1.42. The molecule has 2 N–H and O–H groups in total. The van der Waals surface area contributed by atoms with Gasteiger partial charge in [0.25, 0.3) is 0 Å². The molecule has 1 atom stereocenters. The van der Waals surface area contributed by atoms with Crippen molar-refractivity contribution in [1.29, 1.82) is 0 Å². The molecular weight excluding hydrogens is 207 g/mol. The summed E-state index contributed by atoms with van der Waals surface area (Å²) in [5.74, 6) is -0.440. The van der Waals surface area contributed by atoms with E-state index in [0.717, 1.165) is 5.56 Å². The lowest BCUT2D eigenvalue weighted by Gasteiger charge is -2.20. The molecule has 88 valence electrons. The Balaban J connectivity index is 2.60. The monoisotopic (exact) mass is 224 g/mol. The van der Waals surface area contributed by atoms with Crippen LogP contribution in [0.25, 0.3) is 0 Å². The minimum absolute atomic E-state index is 0.00632. The van der Waals surface area contributed by atoms with E-state index in [0.29, 0.717) is 13.1 Å². The van der Waals surface area contributed by atoms with Crippen LogP contribution < -0.4 is 5.73 Å². The van der Waals surface area contributed by atoms with E-state index in [1.54, 1.807) is 31.0 Å². The summed E-state index contributed by atoms with van der Waals surface area (Å²) in [5.41, 5.74) is 6.33. The molecule has 0 heterocycles. The van der Waals surface area contributed by atoms with Crippen LogP contribution in [0.3, 0.4) is 0 Å². The van der Waals surface area contributed by atoms with Crippen molar-refractivity contribution in [2.24, 2.45) is 11.7 Å². The summed E-state index contributed by atoms with van der Waals surface area (Å²) in [6.07, 6.45) is 0. The Labute approximate surface area is 95.0 Å². The first-order valence-electron chi connectivity index (χ1n) is 5.24. The van der Waals surface area contributed by atoms with Crippen molar-refractivity contribution < 1.29 is 9.18 Å². The van der Waals surface area contributed by atoms with Crippen molar-refractivity contribution in [2.45, 2.75) is 13.5 Å². The topological polar surface area (TPSA) is 46.3 Å². The molecule has 1 aromatic carbocycles. The second-order valence-electron chi connectivity index (χ2n) is 3.96. The van der Waals surface area contributed by atoms with Crippen LogP contribution in [0.4, 0.5) is 4.39 Å². The minimum atomic E-state index is -0.270. The van der Waals surface area contributed by atoms with E-state index < -0.39 is 0 Å². The molecule has 0 aliphatic rings. The summed E-state index contributed by atoms with van der Waals surface area (Å²) < 4.78 is 12.7. The maximum atomic E-state index is 12.7. The Morgan fingerprint density at radius 2 is 2.00 bits per heavy atom. The Morgan fingerprint density at radius 1 is 1.44 bits per heavy atom. The fourth-order valence-corrected chi connectivity index (χ4v) is 1.42. The molecule has 3 nitrogen and oxygen atoms in total. The smallest absolute Gasteiger partial charge is 0.226 e. The van der Waals surface area contributed by atoms with Gasteiger partial charge in [-0.2, -0.15) is 0 Å². The molecule has 0 aliphatic heterocycles. The molecule has 0 fully saturated rings. The van der Waals surface area contributed by atoms with E-state index in [1.807, 2.05) is 0 Å². The average molecular weight is 224 g/mol. The summed E-state index contributed by atoms with van der Waals surface area (Å²) in [5, 5.41) is 0. The minimum Gasteiger partial charge on any atom is -0.341 e. The number of nitrogens with zero attached hydrogens (tertiary/aromatic N) is 1. The number of benzene rings is 1. The molecule has 1 rings (SSSR count). The molecule has 0 radical (unpaired) electrons.